The minimum Gasteiger partial charge on any atom is -0.503 e. The standard InChI is InChI=1S/C18H20Cl2N2O4/c1-11(23)15-16(13-3-2-12(19)10-14(13)20)22(18(25)17(15)24)5-4-21-6-8-26-9-7-21/h2-3,10,16,24H,4-9H2,1H3/t16-/m0/s1. The molecule has 8 heteroatoms. The lowest BCUT2D eigenvalue weighted by atomic mass is 9.96. The zero-order chi connectivity index (χ0) is 18.8. The highest BCUT2D eigenvalue weighted by Gasteiger charge is 2.43. The smallest absolute Gasteiger partial charge is 0.290 e. The first-order chi connectivity index (χ1) is 12.4. The Morgan fingerprint density at radius 2 is 1.96 bits per heavy atom. The lowest BCUT2D eigenvalue weighted by molar-refractivity contribution is -0.129. The molecule has 1 aromatic rings. The van der Waals surface area contributed by atoms with E-state index in [1.807, 2.05) is 0 Å². The van der Waals surface area contributed by atoms with Gasteiger partial charge in [0.1, 0.15) is 0 Å². The highest BCUT2D eigenvalue weighted by atomic mass is 35.5. The van der Waals surface area contributed by atoms with Crippen LogP contribution in [0.5, 0.6) is 0 Å². The average molecular weight is 399 g/mol. The molecule has 3 rings (SSSR count). The molecule has 1 aromatic carbocycles. The third kappa shape index (κ3) is 3.74. The van der Waals surface area contributed by atoms with Crippen molar-refractivity contribution < 1.29 is 19.4 Å². The Kier molecular flexibility index (Phi) is 5.87. The first-order valence-corrected chi connectivity index (χ1v) is 9.16. The number of nitrogens with zero attached hydrogens (tertiary/aromatic N) is 2. The first-order valence-electron chi connectivity index (χ1n) is 8.40. The number of hydrogen-bond donors (Lipinski definition) is 1. The number of benzene rings is 1. The van der Waals surface area contributed by atoms with Crippen molar-refractivity contribution in [3.63, 3.8) is 0 Å². The third-order valence-electron chi connectivity index (χ3n) is 4.70. The molecule has 0 aliphatic carbocycles. The molecule has 26 heavy (non-hydrogen) atoms. The van der Waals surface area contributed by atoms with Crippen molar-refractivity contribution in [2.45, 2.75) is 13.0 Å². The molecule has 6 nitrogen and oxygen atoms in total. The number of Topliss-reactive ketones (excluding diaryl/α,β-unsaturated/α-hetero) is 1. The monoisotopic (exact) mass is 398 g/mol. The molecule has 0 aromatic heterocycles. The number of aliphatic hydroxyl groups excluding tert-OH is 1. The van der Waals surface area contributed by atoms with Crippen molar-refractivity contribution in [2.75, 3.05) is 39.4 Å². The number of hydrogen-bond acceptors (Lipinski definition) is 5. The van der Waals surface area contributed by atoms with E-state index in [1.54, 1.807) is 18.2 Å². The van der Waals surface area contributed by atoms with E-state index in [2.05, 4.69) is 4.90 Å². The predicted molar refractivity (Wildman–Crippen MR) is 98.5 cm³/mol. The SMILES string of the molecule is CC(=O)C1=C(O)C(=O)N(CCN2CCOCC2)[C@H]1c1ccc(Cl)cc1Cl. The van der Waals surface area contributed by atoms with Crippen LogP contribution in [0.2, 0.25) is 10.0 Å². The second-order valence-electron chi connectivity index (χ2n) is 6.34. The number of ether oxygens (including phenoxy) is 1. The van der Waals surface area contributed by atoms with Gasteiger partial charge in [-0.15, -0.1) is 0 Å². The van der Waals surface area contributed by atoms with Gasteiger partial charge in [0.15, 0.2) is 11.5 Å². The third-order valence-corrected chi connectivity index (χ3v) is 5.26. The van der Waals surface area contributed by atoms with Crippen molar-refractivity contribution in [3.8, 4) is 0 Å². The van der Waals surface area contributed by atoms with E-state index >= 15 is 0 Å². The summed E-state index contributed by atoms with van der Waals surface area (Å²) in [6, 6.07) is 4.19. The van der Waals surface area contributed by atoms with Crippen LogP contribution < -0.4 is 0 Å². The van der Waals surface area contributed by atoms with Gasteiger partial charge >= 0.3 is 0 Å². The molecule has 1 amide bonds. The van der Waals surface area contributed by atoms with E-state index in [9.17, 15) is 14.7 Å². The van der Waals surface area contributed by atoms with E-state index < -0.39 is 17.7 Å². The average Bonchev–Trinajstić information content (AvgIpc) is 2.85. The summed E-state index contributed by atoms with van der Waals surface area (Å²) in [6.45, 7) is 5.20. The number of amides is 1. The van der Waals surface area contributed by atoms with Gasteiger partial charge in [0.05, 0.1) is 24.8 Å². The summed E-state index contributed by atoms with van der Waals surface area (Å²) in [5, 5.41) is 11.1. The molecule has 0 unspecified atom stereocenters. The van der Waals surface area contributed by atoms with Gasteiger partial charge in [-0.3, -0.25) is 14.5 Å². The van der Waals surface area contributed by atoms with Crippen LogP contribution in [0.4, 0.5) is 0 Å². The molecular weight excluding hydrogens is 379 g/mol. The molecule has 2 aliphatic rings. The van der Waals surface area contributed by atoms with E-state index in [4.69, 9.17) is 27.9 Å². The Hall–Kier alpha value is -1.60. The lowest BCUT2D eigenvalue weighted by Crippen LogP contribution is -2.43. The largest absolute Gasteiger partial charge is 0.503 e. The molecule has 1 fully saturated rings. The number of halogens is 2. The van der Waals surface area contributed by atoms with Crippen molar-refractivity contribution in [3.05, 3.63) is 45.1 Å². The molecule has 0 bridgehead atoms. The van der Waals surface area contributed by atoms with Crippen molar-refractivity contribution in [1.29, 1.82) is 0 Å². The Labute approximate surface area is 161 Å². The normalized spacial score (nSPS) is 21.6. The van der Waals surface area contributed by atoms with E-state index in [1.165, 1.54) is 11.8 Å². The minimum atomic E-state index is -0.717. The van der Waals surface area contributed by atoms with Gasteiger partial charge in [0.2, 0.25) is 0 Å². The summed E-state index contributed by atoms with van der Waals surface area (Å²) in [4.78, 5) is 28.4. The van der Waals surface area contributed by atoms with Gasteiger partial charge in [-0.25, -0.2) is 0 Å². The summed E-state index contributed by atoms with van der Waals surface area (Å²) < 4.78 is 5.33. The topological polar surface area (TPSA) is 70.1 Å². The summed E-state index contributed by atoms with van der Waals surface area (Å²) in [5.74, 6) is -1.42. The maximum atomic E-state index is 12.6. The van der Waals surface area contributed by atoms with Gasteiger partial charge in [-0.1, -0.05) is 29.3 Å². The molecule has 1 saturated heterocycles. The second-order valence-corrected chi connectivity index (χ2v) is 7.18. The molecule has 1 atom stereocenters. The van der Waals surface area contributed by atoms with Gasteiger partial charge in [-0.2, -0.15) is 0 Å². The maximum absolute atomic E-state index is 12.6. The Morgan fingerprint density at radius 1 is 1.27 bits per heavy atom. The summed E-state index contributed by atoms with van der Waals surface area (Å²) >= 11 is 12.3. The molecule has 0 radical (unpaired) electrons. The zero-order valence-electron chi connectivity index (χ0n) is 14.4. The fourth-order valence-corrected chi connectivity index (χ4v) is 3.88. The van der Waals surface area contributed by atoms with Crippen LogP contribution in [-0.2, 0) is 14.3 Å². The van der Waals surface area contributed by atoms with E-state index in [0.717, 1.165) is 13.1 Å². The highest BCUT2D eigenvalue weighted by molar-refractivity contribution is 6.35. The van der Waals surface area contributed by atoms with Crippen LogP contribution >= 0.6 is 23.2 Å². The first kappa shape index (κ1) is 19.2. The van der Waals surface area contributed by atoms with Crippen LogP contribution in [0.15, 0.2) is 29.5 Å². The van der Waals surface area contributed by atoms with Crippen molar-refractivity contribution in [1.82, 2.24) is 9.80 Å². The van der Waals surface area contributed by atoms with Crippen molar-refractivity contribution >= 4 is 34.9 Å². The molecule has 2 aliphatic heterocycles. The number of ketones is 1. The minimum absolute atomic E-state index is 0.0706. The summed E-state index contributed by atoms with van der Waals surface area (Å²) in [7, 11) is 0. The quantitative estimate of drug-likeness (QED) is 0.825. The fourth-order valence-electron chi connectivity index (χ4n) is 3.36. The molecular formula is C18H20Cl2N2O4. The van der Waals surface area contributed by atoms with Gasteiger partial charge in [0, 0.05) is 36.2 Å². The van der Waals surface area contributed by atoms with Gasteiger partial charge in [-0.05, 0) is 24.6 Å². The van der Waals surface area contributed by atoms with E-state index in [-0.39, 0.29) is 11.4 Å². The number of rotatable bonds is 5. The van der Waals surface area contributed by atoms with E-state index in [0.29, 0.717) is 41.9 Å². The summed E-state index contributed by atoms with van der Waals surface area (Å²) in [5.41, 5.74) is 0.641. The number of carbonyl (C=O) groups is 2. The molecule has 140 valence electrons. The highest BCUT2D eigenvalue weighted by Crippen LogP contribution is 2.40. The van der Waals surface area contributed by atoms with Crippen LogP contribution in [0.1, 0.15) is 18.5 Å². The molecule has 0 spiro atoms. The van der Waals surface area contributed by atoms with Gasteiger partial charge in [0.25, 0.3) is 5.91 Å². The predicted octanol–water partition coefficient (Wildman–Crippen LogP) is 2.61. The molecule has 1 N–H and O–H groups in total. The van der Waals surface area contributed by atoms with Gasteiger partial charge < -0.3 is 14.7 Å². The molecule has 2 heterocycles. The van der Waals surface area contributed by atoms with Crippen LogP contribution in [0, 0.1) is 0 Å². The van der Waals surface area contributed by atoms with Crippen LogP contribution in [-0.4, -0.2) is 66.0 Å². The second kappa shape index (κ2) is 7.96. The number of morpholine rings is 1. The van der Waals surface area contributed by atoms with Crippen LogP contribution in [0.25, 0.3) is 0 Å². The Morgan fingerprint density at radius 3 is 2.58 bits per heavy atom. The zero-order valence-corrected chi connectivity index (χ0v) is 15.9. The fraction of sp³-hybridized carbons (Fsp3) is 0.444. The number of carbonyl (C=O) groups excluding carboxylic acids is 2. The van der Waals surface area contributed by atoms with Crippen LogP contribution in [0.3, 0.4) is 0 Å². The maximum Gasteiger partial charge on any atom is 0.290 e. The number of aliphatic hydroxyl groups is 1. The lowest BCUT2D eigenvalue weighted by Gasteiger charge is -2.32. The Bertz CT molecular complexity index is 760. The summed E-state index contributed by atoms with van der Waals surface area (Å²) in [6.07, 6.45) is 0. The molecule has 0 saturated carbocycles. The Balaban J connectivity index is 1.91. The van der Waals surface area contributed by atoms with Crippen molar-refractivity contribution in [2.24, 2.45) is 0 Å².